The molecule has 1 unspecified atom stereocenters. The number of amides is 1. The third kappa shape index (κ3) is 3.11. The Kier molecular flexibility index (Phi) is 3.82. The van der Waals surface area contributed by atoms with E-state index >= 15 is 0 Å². The van der Waals surface area contributed by atoms with Gasteiger partial charge in [-0.05, 0) is 32.0 Å². The van der Waals surface area contributed by atoms with E-state index in [9.17, 15) is 4.79 Å². The van der Waals surface area contributed by atoms with Crippen molar-refractivity contribution in [3.63, 3.8) is 0 Å². The Labute approximate surface area is 128 Å². The van der Waals surface area contributed by atoms with E-state index in [4.69, 9.17) is 0 Å². The number of benzene rings is 1. The Hall–Kier alpha value is -2.76. The summed E-state index contributed by atoms with van der Waals surface area (Å²) in [5.41, 5.74) is 3.75. The number of fused-ring (bicyclic) bond motifs is 1. The zero-order chi connectivity index (χ0) is 15.5. The van der Waals surface area contributed by atoms with Crippen LogP contribution in [0.3, 0.4) is 0 Å². The molecule has 0 spiro atoms. The van der Waals surface area contributed by atoms with Crippen molar-refractivity contribution < 1.29 is 4.79 Å². The monoisotopic (exact) mass is 295 g/mol. The average molecular weight is 295 g/mol. The van der Waals surface area contributed by atoms with Crippen LogP contribution in [0.15, 0.2) is 36.5 Å². The Morgan fingerprint density at radius 3 is 2.82 bits per heavy atom. The van der Waals surface area contributed by atoms with E-state index in [1.165, 1.54) is 6.20 Å². The minimum Gasteiger partial charge on any atom is -0.348 e. The van der Waals surface area contributed by atoms with Crippen LogP contribution in [0.5, 0.6) is 0 Å². The van der Waals surface area contributed by atoms with Gasteiger partial charge in [0, 0.05) is 18.2 Å². The molecule has 2 aromatic heterocycles. The van der Waals surface area contributed by atoms with Gasteiger partial charge in [-0.25, -0.2) is 4.98 Å². The maximum absolute atomic E-state index is 12.3. The van der Waals surface area contributed by atoms with E-state index in [0.29, 0.717) is 17.6 Å². The fourth-order valence-electron chi connectivity index (χ4n) is 2.31. The van der Waals surface area contributed by atoms with E-state index in [2.05, 4.69) is 25.5 Å². The second-order valence-electron chi connectivity index (χ2n) is 5.36. The standard InChI is InChI=1S/C16H17N5O/c1-10(7-12-8-11(2)20-21-12)18-16(22)15-9-17-13-5-3-4-6-14(13)19-15/h3-6,8-10H,7H2,1-2H3,(H,18,22)(H,20,21). The molecule has 2 heterocycles. The molecule has 112 valence electrons. The van der Waals surface area contributed by atoms with Crippen LogP contribution >= 0.6 is 0 Å². The minimum atomic E-state index is -0.224. The molecule has 0 bridgehead atoms. The lowest BCUT2D eigenvalue weighted by molar-refractivity contribution is 0.0935. The lowest BCUT2D eigenvalue weighted by atomic mass is 10.1. The van der Waals surface area contributed by atoms with E-state index in [1.54, 1.807) is 0 Å². The van der Waals surface area contributed by atoms with Crippen LogP contribution in [0.4, 0.5) is 0 Å². The smallest absolute Gasteiger partial charge is 0.271 e. The number of carbonyl (C=O) groups is 1. The lowest BCUT2D eigenvalue weighted by Gasteiger charge is -2.12. The van der Waals surface area contributed by atoms with Gasteiger partial charge in [0.25, 0.3) is 5.91 Å². The highest BCUT2D eigenvalue weighted by Gasteiger charge is 2.13. The number of hydrogen-bond acceptors (Lipinski definition) is 4. The maximum Gasteiger partial charge on any atom is 0.271 e. The third-order valence-electron chi connectivity index (χ3n) is 3.33. The first-order valence-electron chi connectivity index (χ1n) is 7.15. The SMILES string of the molecule is Cc1cc(CC(C)NC(=O)c2cnc3ccccc3n2)n[nH]1. The van der Waals surface area contributed by atoms with Gasteiger partial charge in [0.15, 0.2) is 0 Å². The van der Waals surface area contributed by atoms with Crippen molar-refractivity contribution >= 4 is 16.9 Å². The minimum absolute atomic E-state index is 0.0385. The van der Waals surface area contributed by atoms with E-state index in [1.807, 2.05) is 44.2 Å². The molecule has 0 fully saturated rings. The first-order valence-corrected chi connectivity index (χ1v) is 7.15. The summed E-state index contributed by atoms with van der Waals surface area (Å²) >= 11 is 0. The molecule has 0 radical (unpaired) electrons. The molecule has 1 aromatic carbocycles. The fraction of sp³-hybridized carbons (Fsp3) is 0.250. The van der Waals surface area contributed by atoms with Gasteiger partial charge in [0.1, 0.15) is 5.69 Å². The van der Waals surface area contributed by atoms with E-state index in [0.717, 1.165) is 16.9 Å². The summed E-state index contributed by atoms with van der Waals surface area (Å²) in [6.07, 6.45) is 2.17. The number of H-pyrrole nitrogens is 1. The molecule has 1 atom stereocenters. The summed E-state index contributed by atoms with van der Waals surface area (Å²) in [4.78, 5) is 20.9. The summed E-state index contributed by atoms with van der Waals surface area (Å²) in [6, 6.07) is 9.41. The Bertz CT molecular complexity index is 811. The molecule has 0 saturated carbocycles. The molecule has 3 rings (SSSR count). The second kappa shape index (κ2) is 5.93. The maximum atomic E-state index is 12.3. The highest BCUT2D eigenvalue weighted by atomic mass is 16.1. The van der Waals surface area contributed by atoms with Gasteiger partial charge < -0.3 is 5.32 Å². The average Bonchev–Trinajstić information content (AvgIpc) is 2.91. The van der Waals surface area contributed by atoms with Crippen LogP contribution < -0.4 is 5.32 Å². The van der Waals surface area contributed by atoms with Crippen LogP contribution in [0.1, 0.15) is 28.8 Å². The topological polar surface area (TPSA) is 83.6 Å². The first kappa shape index (κ1) is 14.2. The van der Waals surface area contributed by atoms with Gasteiger partial charge in [-0.15, -0.1) is 0 Å². The number of para-hydroxylation sites is 2. The number of carbonyl (C=O) groups excluding carboxylic acids is 1. The summed E-state index contributed by atoms with van der Waals surface area (Å²) in [7, 11) is 0. The quantitative estimate of drug-likeness (QED) is 0.771. The zero-order valence-electron chi connectivity index (χ0n) is 12.5. The van der Waals surface area contributed by atoms with Crippen molar-refractivity contribution in [3.8, 4) is 0 Å². The molecule has 0 saturated heterocycles. The molecule has 0 aliphatic carbocycles. The normalized spacial score (nSPS) is 12.3. The molecular weight excluding hydrogens is 278 g/mol. The highest BCUT2D eigenvalue weighted by molar-refractivity contribution is 5.93. The Morgan fingerprint density at radius 2 is 2.09 bits per heavy atom. The summed E-state index contributed by atoms with van der Waals surface area (Å²) < 4.78 is 0. The number of nitrogens with zero attached hydrogens (tertiary/aromatic N) is 3. The number of aromatic nitrogens is 4. The third-order valence-corrected chi connectivity index (χ3v) is 3.33. The molecule has 3 aromatic rings. The summed E-state index contributed by atoms with van der Waals surface area (Å²) in [5, 5.41) is 9.99. The summed E-state index contributed by atoms with van der Waals surface area (Å²) in [6.45, 7) is 3.89. The fourth-order valence-corrected chi connectivity index (χ4v) is 2.31. The van der Waals surface area contributed by atoms with Crippen molar-refractivity contribution in [1.29, 1.82) is 0 Å². The zero-order valence-corrected chi connectivity index (χ0v) is 12.5. The number of rotatable bonds is 4. The van der Waals surface area contributed by atoms with Crippen LogP contribution in [0, 0.1) is 6.92 Å². The number of aromatic amines is 1. The van der Waals surface area contributed by atoms with E-state index in [-0.39, 0.29) is 11.9 Å². The van der Waals surface area contributed by atoms with Gasteiger partial charge in [0.05, 0.1) is 22.9 Å². The van der Waals surface area contributed by atoms with Crippen molar-refractivity contribution in [2.75, 3.05) is 0 Å². The van der Waals surface area contributed by atoms with Gasteiger partial charge >= 0.3 is 0 Å². The largest absolute Gasteiger partial charge is 0.348 e. The molecule has 22 heavy (non-hydrogen) atoms. The van der Waals surface area contributed by atoms with Crippen molar-refractivity contribution in [2.24, 2.45) is 0 Å². The molecular formula is C16H17N5O. The summed E-state index contributed by atoms with van der Waals surface area (Å²) in [5.74, 6) is -0.224. The predicted octanol–water partition coefficient (Wildman–Crippen LogP) is 2.02. The first-order chi connectivity index (χ1) is 10.6. The van der Waals surface area contributed by atoms with Crippen LogP contribution in [-0.4, -0.2) is 32.1 Å². The highest BCUT2D eigenvalue weighted by Crippen LogP contribution is 2.09. The molecule has 2 N–H and O–H groups in total. The van der Waals surface area contributed by atoms with E-state index < -0.39 is 0 Å². The van der Waals surface area contributed by atoms with Crippen molar-refractivity contribution in [2.45, 2.75) is 26.3 Å². The van der Waals surface area contributed by atoms with Gasteiger partial charge in [0.2, 0.25) is 0 Å². The second-order valence-corrected chi connectivity index (χ2v) is 5.36. The van der Waals surface area contributed by atoms with Crippen molar-refractivity contribution in [1.82, 2.24) is 25.5 Å². The molecule has 0 aliphatic heterocycles. The molecule has 6 nitrogen and oxygen atoms in total. The van der Waals surface area contributed by atoms with Gasteiger partial charge in [-0.3, -0.25) is 14.9 Å². The van der Waals surface area contributed by atoms with Gasteiger partial charge in [-0.1, -0.05) is 12.1 Å². The Morgan fingerprint density at radius 1 is 1.32 bits per heavy atom. The van der Waals surface area contributed by atoms with Crippen molar-refractivity contribution in [3.05, 3.63) is 53.6 Å². The molecule has 0 aliphatic rings. The van der Waals surface area contributed by atoms with Crippen LogP contribution in [0.25, 0.3) is 11.0 Å². The van der Waals surface area contributed by atoms with Gasteiger partial charge in [-0.2, -0.15) is 5.10 Å². The molecule has 1 amide bonds. The lowest BCUT2D eigenvalue weighted by Crippen LogP contribution is -2.34. The number of aryl methyl sites for hydroxylation is 1. The predicted molar refractivity (Wildman–Crippen MR) is 83.5 cm³/mol. The van der Waals surface area contributed by atoms with Crippen LogP contribution in [-0.2, 0) is 6.42 Å². The number of hydrogen-bond donors (Lipinski definition) is 2. The number of nitrogens with one attached hydrogen (secondary N) is 2. The molecule has 6 heteroatoms. The Balaban J connectivity index is 1.69. The van der Waals surface area contributed by atoms with Crippen LogP contribution in [0.2, 0.25) is 0 Å².